The van der Waals surface area contributed by atoms with Crippen molar-refractivity contribution in [3.8, 4) is 12.3 Å². The van der Waals surface area contributed by atoms with Crippen molar-refractivity contribution in [2.24, 2.45) is 0 Å². The fraction of sp³-hybridized carbons (Fsp3) is 0.467. The molecule has 0 spiro atoms. The van der Waals surface area contributed by atoms with Crippen molar-refractivity contribution >= 4 is 35.7 Å². The van der Waals surface area contributed by atoms with E-state index in [4.69, 9.17) is 11.2 Å². The maximum atomic E-state index is 13.8. The molecule has 5 amide bonds. The third-order valence-corrected chi connectivity index (χ3v) is 8.44. The highest BCUT2D eigenvalue weighted by Crippen LogP contribution is 2.31. The highest BCUT2D eigenvalue weighted by Gasteiger charge is 2.51. The highest BCUT2D eigenvalue weighted by atomic mass is 32.2. The molecule has 2 N–H and O–H groups in total. The SMILES string of the molecule is C#CCN1CC(=O)N2[C@@H](CCCNC(=O)OCC=C)C(=O)N(CCC3=CCCS3)C[C@@H]2N1C(=O)NCc1ccccc1. The third-order valence-electron chi connectivity index (χ3n) is 7.26. The fourth-order valence-electron chi connectivity index (χ4n) is 5.33. The molecule has 42 heavy (non-hydrogen) atoms. The van der Waals surface area contributed by atoms with Crippen LogP contribution in [0.15, 0.2) is 54.0 Å². The molecule has 1 aromatic rings. The number of benzene rings is 1. The average molecular weight is 595 g/mol. The molecule has 3 aliphatic heterocycles. The molecule has 0 unspecified atom stereocenters. The number of allylic oxidation sites excluding steroid dienone is 1. The lowest BCUT2D eigenvalue weighted by Crippen LogP contribution is -2.76. The first kappa shape index (κ1) is 31.0. The number of fused-ring (bicyclic) bond motifs is 1. The van der Waals surface area contributed by atoms with E-state index in [1.54, 1.807) is 21.7 Å². The lowest BCUT2D eigenvalue weighted by atomic mass is 10.0. The van der Waals surface area contributed by atoms with E-state index in [0.717, 1.165) is 24.2 Å². The van der Waals surface area contributed by atoms with Gasteiger partial charge in [-0.05, 0) is 36.2 Å². The molecule has 11 nitrogen and oxygen atoms in total. The van der Waals surface area contributed by atoms with Crippen LogP contribution in [-0.4, -0.2) is 101 Å². The Morgan fingerprint density at radius 1 is 1.21 bits per heavy atom. The molecule has 0 radical (unpaired) electrons. The minimum atomic E-state index is -0.787. The molecule has 0 saturated carbocycles. The van der Waals surface area contributed by atoms with Gasteiger partial charge in [-0.25, -0.2) is 14.6 Å². The van der Waals surface area contributed by atoms with Crippen LogP contribution in [0.5, 0.6) is 0 Å². The molecule has 0 aromatic heterocycles. The number of nitrogens with one attached hydrogen (secondary N) is 2. The summed E-state index contributed by atoms with van der Waals surface area (Å²) in [5.41, 5.74) is 0.930. The van der Waals surface area contributed by atoms with Crippen LogP contribution in [-0.2, 0) is 20.9 Å². The molecule has 1 aromatic carbocycles. The van der Waals surface area contributed by atoms with Crippen molar-refractivity contribution in [2.45, 2.75) is 44.4 Å². The number of nitrogens with zero attached hydrogens (tertiary/aromatic N) is 4. The van der Waals surface area contributed by atoms with Gasteiger partial charge in [0.15, 0.2) is 0 Å². The standard InChI is InChI=1S/C30H38N6O5S/c1-3-16-34-22-27(37)35-25(13-8-15-31-30(40)41-18-4-2)28(38)33(17-14-24-12-9-19-42-24)21-26(35)36(34)29(39)32-20-23-10-6-5-7-11-23/h1,4-7,10-12,25-26H,2,8-9,13-22H2,(H,31,40)(H,32,39)/t25-,26-/m0/s1. The minimum absolute atomic E-state index is 0.0632. The first-order valence-corrected chi connectivity index (χ1v) is 15.1. The van der Waals surface area contributed by atoms with Gasteiger partial charge in [-0.3, -0.25) is 9.59 Å². The summed E-state index contributed by atoms with van der Waals surface area (Å²) in [6.45, 7) is 4.76. The van der Waals surface area contributed by atoms with Crippen molar-refractivity contribution in [2.75, 3.05) is 45.1 Å². The van der Waals surface area contributed by atoms with Crippen LogP contribution in [0.4, 0.5) is 9.59 Å². The van der Waals surface area contributed by atoms with Gasteiger partial charge in [-0.15, -0.1) is 18.2 Å². The van der Waals surface area contributed by atoms with Gasteiger partial charge >= 0.3 is 12.1 Å². The van der Waals surface area contributed by atoms with Crippen LogP contribution in [0, 0.1) is 12.3 Å². The summed E-state index contributed by atoms with van der Waals surface area (Å²) in [6, 6.07) is 8.35. The summed E-state index contributed by atoms with van der Waals surface area (Å²) in [5, 5.41) is 8.69. The normalized spacial score (nSPS) is 20.5. The van der Waals surface area contributed by atoms with Gasteiger partial charge in [-0.1, -0.05) is 55.0 Å². The van der Waals surface area contributed by atoms with Gasteiger partial charge in [-0.2, -0.15) is 5.01 Å². The Bertz CT molecular complexity index is 1220. The number of rotatable bonds is 12. The van der Waals surface area contributed by atoms with Gasteiger partial charge in [0.2, 0.25) is 11.8 Å². The predicted molar refractivity (Wildman–Crippen MR) is 160 cm³/mol. The second kappa shape index (κ2) is 15.3. The van der Waals surface area contributed by atoms with E-state index in [1.807, 2.05) is 30.3 Å². The van der Waals surface area contributed by atoms with Crippen molar-refractivity contribution in [3.05, 3.63) is 59.5 Å². The summed E-state index contributed by atoms with van der Waals surface area (Å²) in [4.78, 5) is 57.4. The van der Waals surface area contributed by atoms with E-state index in [9.17, 15) is 19.2 Å². The minimum Gasteiger partial charge on any atom is -0.445 e. The van der Waals surface area contributed by atoms with Gasteiger partial charge in [0.1, 0.15) is 18.8 Å². The van der Waals surface area contributed by atoms with Gasteiger partial charge in [0.05, 0.1) is 19.6 Å². The zero-order valence-electron chi connectivity index (χ0n) is 23.7. The first-order chi connectivity index (χ1) is 20.4. The summed E-state index contributed by atoms with van der Waals surface area (Å²) in [6.07, 6.45) is 10.5. The number of piperazine rings is 1. The number of urea groups is 1. The molecule has 224 valence electrons. The number of carbonyl (C=O) groups excluding carboxylic acids is 4. The Labute approximate surface area is 251 Å². The predicted octanol–water partition coefficient (Wildman–Crippen LogP) is 2.53. The molecule has 3 aliphatic rings. The largest absolute Gasteiger partial charge is 0.445 e. The van der Waals surface area contributed by atoms with Crippen LogP contribution < -0.4 is 10.6 Å². The van der Waals surface area contributed by atoms with Crippen LogP contribution in [0.3, 0.4) is 0 Å². The third kappa shape index (κ3) is 7.86. The summed E-state index contributed by atoms with van der Waals surface area (Å²) < 4.78 is 4.95. The Morgan fingerprint density at radius 2 is 2.02 bits per heavy atom. The van der Waals surface area contributed by atoms with Crippen LogP contribution >= 0.6 is 11.8 Å². The molecular formula is C30H38N6O5S. The van der Waals surface area contributed by atoms with E-state index in [1.165, 1.54) is 20.9 Å². The molecule has 2 atom stereocenters. The van der Waals surface area contributed by atoms with Crippen LogP contribution in [0.25, 0.3) is 0 Å². The highest BCUT2D eigenvalue weighted by molar-refractivity contribution is 8.03. The van der Waals surface area contributed by atoms with Crippen LogP contribution in [0.2, 0.25) is 0 Å². The summed E-state index contributed by atoms with van der Waals surface area (Å²) in [5.74, 6) is 3.16. The topological polar surface area (TPSA) is 115 Å². The number of hydrogen-bond donors (Lipinski definition) is 2. The average Bonchev–Trinajstić information content (AvgIpc) is 3.51. The number of amides is 5. The first-order valence-electron chi connectivity index (χ1n) is 14.2. The van der Waals surface area contributed by atoms with Gasteiger partial charge in [0.25, 0.3) is 0 Å². The maximum absolute atomic E-state index is 13.8. The quantitative estimate of drug-likeness (QED) is 0.217. The van der Waals surface area contributed by atoms with E-state index in [2.05, 4.69) is 29.2 Å². The van der Waals surface area contributed by atoms with E-state index in [0.29, 0.717) is 25.9 Å². The molecule has 2 fully saturated rings. The number of hydrogen-bond acceptors (Lipinski definition) is 7. The lowest BCUT2D eigenvalue weighted by Gasteiger charge is -2.55. The van der Waals surface area contributed by atoms with Crippen molar-refractivity contribution in [3.63, 3.8) is 0 Å². The van der Waals surface area contributed by atoms with Crippen molar-refractivity contribution in [1.29, 1.82) is 0 Å². The van der Waals surface area contributed by atoms with Crippen LogP contribution in [0.1, 0.15) is 31.2 Å². The molecule has 3 heterocycles. The molecule has 4 rings (SSSR count). The Balaban J connectivity index is 1.54. The van der Waals surface area contributed by atoms with E-state index in [-0.39, 0.29) is 44.6 Å². The number of carbonyl (C=O) groups is 4. The molecular weight excluding hydrogens is 556 g/mol. The molecule has 0 aliphatic carbocycles. The van der Waals surface area contributed by atoms with Gasteiger partial charge in [0, 0.05) is 25.4 Å². The summed E-state index contributed by atoms with van der Waals surface area (Å²) in [7, 11) is 0. The number of ether oxygens (including phenoxy) is 1. The molecule has 12 heteroatoms. The van der Waals surface area contributed by atoms with Crippen molar-refractivity contribution < 1.29 is 23.9 Å². The lowest BCUT2D eigenvalue weighted by molar-refractivity contribution is -0.189. The maximum Gasteiger partial charge on any atom is 0.407 e. The zero-order valence-corrected chi connectivity index (χ0v) is 24.5. The Kier molecular flexibility index (Phi) is 11.3. The van der Waals surface area contributed by atoms with Crippen molar-refractivity contribution in [1.82, 2.24) is 30.5 Å². The number of alkyl carbamates (subject to hydrolysis) is 1. The summed E-state index contributed by atoms with van der Waals surface area (Å²) >= 11 is 1.79. The number of terminal acetylenes is 1. The zero-order chi connectivity index (χ0) is 29.9. The molecule has 0 bridgehead atoms. The smallest absolute Gasteiger partial charge is 0.407 e. The van der Waals surface area contributed by atoms with E-state index >= 15 is 0 Å². The van der Waals surface area contributed by atoms with E-state index < -0.39 is 24.3 Å². The second-order valence-electron chi connectivity index (χ2n) is 10.1. The molecule has 2 saturated heterocycles. The number of thioether (sulfide) groups is 1. The Hall–Kier alpha value is -3.95. The Morgan fingerprint density at radius 3 is 2.74 bits per heavy atom. The monoisotopic (exact) mass is 594 g/mol. The second-order valence-corrected chi connectivity index (χ2v) is 11.3. The fourth-order valence-corrected chi connectivity index (χ4v) is 6.30. The van der Waals surface area contributed by atoms with Gasteiger partial charge < -0.3 is 25.2 Å². The number of hydrazine groups is 1.